The van der Waals surface area contributed by atoms with Gasteiger partial charge in [-0.05, 0) is 42.4 Å². The van der Waals surface area contributed by atoms with Gasteiger partial charge in [0.05, 0.1) is 14.2 Å². The Morgan fingerprint density at radius 3 is 2.33 bits per heavy atom. The molecule has 1 aliphatic carbocycles. The third-order valence-corrected chi connectivity index (χ3v) is 4.89. The van der Waals surface area contributed by atoms with Crippen molar-refractivity contribution in [3.05, 3.63) is 23.8 Å². The summed E-state index contributed by atoms with van der Waals surface area (Å²) in [7, 11) is 3.32. The lowest BCUT2D eigenvalue weighted by Gasteiger charge is -2.33. The summed E-state index contributed by atoms with van der Waals surface area (Å²) in [5.74, 6) is 8.85. The van der Waals surface area contributed by atoms with Crippen molar-refractivity contribution in [1.82, 2.24) is 5.43 Å². The minimum Gasteiger partial charge on any atom is -0.493 e. The van der Waals surface area contributed by atoms with E-state index in [0.29, 0.717) is 5.92 Å². The molecule has 0 saturated heterocycles. The summed E-state index contributed by atoms with van der Waals surface area (Å²) < 4.78 is 10.7. The molecule has 0 aromatic heterocycles. The Hall–Kier alpha value is -1.26. The number of ether oxygens (including phenoxy) is 2. The molecule has 1 aromatic rings. The summed E-state index contributed by atoms with van der Waals surface area (Å²) in [4.78, 5) is 0. The summed E-state index contributed by atoms with van der Waals surface area (Å²) in [6.07, 6.45) is 6.40. The summed E-state index contributed by atoms with van der Waals surface area (Å²) in [5, 5.41) is 0. The molecule has 0 heterocycles. The maximum absolute atomic E-state index is 5.84. The Bertz CT molecular complexity index is 442. The monoisotopic (exact) mass is 292 g/mol. The predicted molar refractivity (Wildman–Crippen MR) is 85.3 cm³/mol. The van der Waals surface area contributed by atoms with Crippen molar-refractivity contribution in [2.24, 2.45) is 17.7 Å². The molecule has 0 aliphatic heterocycles. The third kappa shape index (κ3) is 3.69. The Kier molecular flexibility index (Phi) is 5.88. The molecule has 0 amide bonds. The van der Waals surface area contributed by atoms with Crippen molar-refractivity contribution in [1.29, 1.82) is 0 Å². The molecule has 0 spiro atoms. The van der Waals surface area contributed by atoms with Crippen LogP contribution in [0.15, 0.2) is 18.2 Å². The van der Waals surface area contributed by atoms with Crippen LogP contribution in [0.25, 0.3) is 0 Å². The number of methoxy groups -OCH3 is 2. The van der Waals surface area contributed by atoms with E-state index < -0.39 is 0 Å². The van der Waals surface area contributed by atoms with Crippen LogP contribution in [0.4, 0.5) is 0 Å². The minimum absolute atomic E-state index is 0.183. The molecule has 118 valence electrons. The van der Waals surface area contributed by atoms with Gasteiger partial charge in [-0.3, -0.25) is 11.3 Å². The topological polar surface area (TPSA) is 56.5 Å². The zero-order chi connectivity index (χ0) is 15.2. The molecule has 1 saturated carbocycles. The summed E-state index contributed by atoms with van der Waals surface area (Å²) in [6, 6.07) is 6.26. The Balaban J connectivity index is 2.14. The highest BCUT2D eigenvalue weighted by Gasteiger charge is 2.28. The van der Waals surface area contributed by atoms with E-state index in [-0.39, 0.29) is 6.04 Å². The number of nitrogens with one attached hydrogen (secondary N) is 1. The second kappa shape index (κ2) is 7.66. The normalized spacial score (nSPS) is 23.6. The van der Waals surface area contributed by atoms with Gasteiger partial charge in [0, 0.05) is 6.04 Å². The van der Waals surface area contributed by atoms with Gasteiger partial charge in [0.1, 0.15) is 0 Å². The lowest BCUT2D eigenvalue weighted by Crippen LogP contribution is -2.35. The lowest BCUT2D eigenvalue weighted by molar-refractivity contribution is 0.219. The van der Waals surface area contributed by atoms with Gasteiger partial charge in [0.2, 0.25) is 0 Å². The molecule has 1 fully saturated rings. The molecule has 2 rings (SSSR count). The number of nitrogens with two attached hydrogens (primary N) is 1. The molecular weight excluding hydrogens is 264 g/mol. The van der Waals surface area contributed by atoms with E-state index in [2.05, 4.69) is 18.4 Å². The van der Waals surface area contributed by atoms with Gasteiger partial charge < -0.3 is 9.47 Å². The van der Waals surface area contributed by atoms with E-state index in [1.165, 1.54) is 37.7 Å². The van der Waals surface area contributed by atoms with Crippen LogP contribution >= 0.6 is 0 Å². The fourth-order valence-electron chi connectivity index (χ4n) is 3.48. The first-order chi connectivity index (χ1) is 10.2. The third-order valence-electron chi connectivity index (χ3n) is 4.89. The van der Waals surface area contributed by atoms with Crippen LogP contribution in [0, 0.1) is 11.8 Å². The van der Waals surface area contributed by atoms with Crippen molar-refractivity contribution in [3.63, 3.8) is 0 Å². The van der Waals surface area contributed by atoms with Crippen molar-refractivity contribution in [2.45, 2.75) is 45.1 Å². The van der Waals surface area contributed by atoms with Gasteiger partial charge in [-0.1, -0.05) is 32.3 Å². The molecular formula is C17H28N2O2. The van der Waals surface area contributed by atoms with Gasteiger partial charge in [-0.15, -0.1) is 0 Å². The molecule has 1 aromatic carbocycles. The van der Waals surface area contributed by atoms with E-state index in [1.54, 1.807) is 14.2 Å². The van der Waals surface area contributed by atoms with E-state index in [4.69, 9.17) is 15.3 Å². The molecule has 3 N–H and O–H groups in total. The predicted octanol–water partition coefficient (Wildman–Crippen LogP) is 3.42. The molecule has 1 atom stereocenters. The highest BCUT2D eigenvalue weighted by molar-refractivity contribution is 5.43. The zero-order valence-electron chi connectivity index (χ0n) is 13.4. The first-order valence-electron chi connectivity index (χ1n) is 7.91. The van der Waals surface area contributed by atoms with Gasteiger partial charge in [-0.25, -0.2) is 0 Å². The van der Waals surface area contributed by atoms with Crippen molar-refractivity contribution >= 4 is 0 Å². The average molecular weight is 292 g/mol. The molecule has 21 heavy (non-hydrogen) atoms. The molecule has 0 bridgehead atoms. The second-order valence-electron chi connectivity index (χ2n) is 5.95. The maximum Gasteiger partial charge on any atom is 0.161 e. The first-order valence-corrected chi connectivity index (χ1v) is 7.91. The van der Waals surface area contributed by atoms with Crippen LogP contribution in [0.5, 0.6) is 11.5 Å². The molecule has 0 radical (unpaired) electrons. The smallest absolute Gasteiger partial charge is 0.161 e. The van der Waals surface area contributed by atoms with Crippen LogP contribution in [0.3, 0.4) is 0 Å². The highest BCUT2D eigenvalue weighted by atomic mass is 16.5. The molecule has 1 unspecified atom stereocenters. The van der Waals surface area contributed by atoms with E-state index in [9.17, 15) is 0 Å². The first kappa shape index (κ1) is 16.1. The quantitative estimate of drug-likeness (QED) is 0.623. The summed E-state index contributed by atoms with van der Waals surface area (Å²) >= 11 is 0. The Labute approximate surface area is 128 Å². The van der Waals surface area contributed by atoms with Crippen molar-refractivity contribution < 1.29 is 9.47 Å². The van der Waals surface area contributed by atoms with Crippen LogP contribution in [0.2, 0.25) is 0 Å². The molecule has 4 nitrogen and oxygen atoms in total. The lowest BCUT2D eigenvalue weighted by atomic mass is 9.76. The minimum atomic E-state index is 0.183. The van der Waals surface area contributed by atoms with Crippen molar-refractivity contribution in [2.75, 3.05) is 14.2 Å². The fraction of sp³-hybridized carbons (Fsp3) is 0.647. The average Bonchev–Trinajstić information content (AvgIpc) is 2.56. The van der Waals surface area contributed by atoms with E-state index in [1.807, 2.05) is 12.1 Å². The van der Waals surface area contributed by atoms with Gasteiger partial charge in [0.25, 0.3) is 0 Å². The Morgan fingerprint density at radius 1 is 1.14 bits per heavy atom. The van der Waals surface area contributed by atoms with Crippen molar-refractivity contribution in [3.8, 4) is 11.5 Å². The van der Waals surface area contributed by atoms with Gasteiger partial charge in [0.15, 0.2) is 11.5 Å². The molecule has 4 heteroatoms. The summed E-state index contributed by atoms with van der Waals surface area (Å²) in [5.41, 5.74) is 4.19. The van der Waals surface area contributed by atoms with Crippen LogP contribution in [0.1, 0.15) is 50.6 Å². The fourth-order valence-corrected chi connectivity index (χ4v) is 3.48. The van der Waals surface area contributed by atoms with E-state index in [0.717, 1.165) is 17.4 Å². The number of hydrogen-bond donors (Lipinski definition) is 2. The summed E-state index contributed by atoms with van der Waals surface area (Å²) in [6.45, 7) is 2.29. The largest absolute Gasteiger partial charge is 0.493 e. The number of benzene rings is 1. The van der Waals surface area contributed by atoms with Crippen LogP contribution in [-0.4, -0.2) is 14.2 Å². The number of hydrogen-bond acceptors (Lipinski definition) is 4. The highest BCUT2D eigenvalue weighted by Crippen LogP contribution is 2.39. The number of rotatable bonds is 6. The maximum atomic E-state index is 5.84. The molecule has 1 aliphatic rings. The van der Waals surface area contributed by atoms with Gasteiger partial charge in [-0.2, -0.15) is 0 Å². The standard InChI is InChI=1S/C17H28N2O2/c1-4-12-5-7-13(8-6-12)17(19-18)14-9-10-15(20-2)16(11-14)21-3/h9-13,17,19H,4-8,18H2,1-3H3. The SMILES string of the molecule is CCC1CCC(C(NN)c2ccc(OC)c(OC)c2)CC1. The second-order valence-corrected chi connectivity index (χ2v) is 5.95. The van der Waals surface area contributed by atoms with E-state index >= 15 is 0 Å². The zero-order valence-corrected chi connectivity index (χ0v) is 13.4. The van der Waals surface area contributed by atoms with Crippen LogP contribution < -0.4 is 20.7 Å². The number of hydrazine groups is 1. The van der Waals surface area contributed by atoms with Gasteiger partial charge >= 0.3 is 0 Å². The van der Waals surface area contributed by atoms with Crippen LogP contribution in [-0.2, 0) is 0 Å². The Morgan fingerprint density at radius 2 is 1.81 bits per heavy atom.